The molecule has 2 aliphatic carbocycles. The van der Waals surface area contributed by atoms with Gasteiger partial charge in [0, 0.05) is 43.0 Å². The third kappa shape index (κ3) is 5.10. The predicted molar refractivity (Wildman–Crippen MR) is 138 cm³/mol. The van der Waals surface area contributed by atoms with Gasteiger partial charge in [0.25, 0.3) is 0 Å². The molecule has 2 N–H and O–H groups in total. The van der Waals surface area contributed by atoms with Crippen LogP contribution in [0.3, 0.4) is 0 Å². The molecule has 9 nitrogen and oxygen atoms in total. The summed E-state index contributed by atoms with van der Waals surface area (Å²) in [7, 11) is 0. The number of hydrogen-bond donors (Lipinski definition) is 2. The maximum atomic E-state index is 13.9. The summed E-state index contributed by atoms with van der Waals surface area (Å²) in [4.78, 5) is 28.9. The van der Waals surface area contributed by atoms with E-state index in [0.29, 0.717) is 12.3 Å². The van der Waals surface area contributed by atoms with Gasteiger partial charge in [-0.05, 0) is 30.4 Å². The summed E-state index contributed by atoms with van der Waals surface area (Å²) < 4.78 is 7.80. The van der Waals surface area contributed by atoms with Gasteiger partial charge >= 0.3 is 0 Å². The van der Waals surface area contributed by atoms with Crippen LogP contribution in [-0.2, 0) is 9.59 Å². The molecule has 0 radical (unpaired) electrons. The van der Waals surface area contributed by atoms with E-state index in [1.165, 1.54) is 4.90 Å². The number of rotatable bonds is 7. The molecule has 2 heterocycles. The van der Waals surface area contributed by atoms with Crippen molar-refractivity contribution in [1.82, 2.24) is 25.2 Å². The van der Waals surface area contributed by atoms with Gasteiger partial charge in [-0.2, -0.15) is 0 Å². The topological polar surface area (TPSA) is 110 Å². The van der Waals surface area contributed by atoms with Crippen LogP contribution < -0.4 is 10.1 Å². The van der Waals surface area contributed by atoms with Crippen LogP contribution in [0.2, 0.25) is 0 Å². The largest absolute Gasteiger partial charge is 0.490 e. The maximum absolute atomic E-state index is 13.9. The molecule has 0 bridgehead atoms. The summed E-state index contributed by atoms with van der Waals surface area (Å²) in [5, 5.41) is 22.3. The minimum atomic E-state index is -0.748. The molecule has 2 aromatic rings. The fourth-order valence-corrected chi connectivity index (χ4v) is 5.59. The van der Waals surface area contributed by atoms with Crippen molar-refractivity contribution >= 4 is 11.8 Å². The first-order valence-corrected chi connectivity index (χ1v) is 13.4. The lowest BCUT2D eigenvalue weighted by molar-refractivity contribution is -0.146. The Morgan fingerprint density at radius 1 is 1.16 bits per heavy atom. The molecule has 9 heteroatoms. The van der Waals surface area contributed by atoms with E-state index in [1.807, 2.05) is 57.3 Å². The van der Waals surface area contributed by atoms with Crippen LogP contribution in [0, 0.1) is 10.8 Å². The molecule has 2 saturated carbocycles. The highest BCUT2D eigenvalue weighted by Gasteiger charge is 2.52. The highest BCUT2D eigenvalue weighted by molar-refractivity contribution is 5.90. The van der Waals surface area contributed by atoms with E-state index in [2.05, 4.69) is 29.5 Å². The molecule has 3 fully saturated rings. The van der Waals surface area contributed by atoms with E-state index in [0.717, 1.165) is 24.3 Å². The molecule has 5 rings (SSSR count). The van der Waals surface area contributed by atoms with Crippen molar-refractivity contribution in [2.24, 2.45) is 10.8 Å². The second kappa shape index (κ2) is 9.42. The lowest BCUT2D eigenvalue weighted by atomic mass is 9.64. The van der Waals surface area contributed by atoms with E-state index >= 15 is 0 Å². The number of para-hydroxylation sites is 1. The van der Waals surface area contributed by atoms with E-state index in [1.54, 1.807) is 4.68 Å². The maximum Gasteiger partial charge on any atom is 0.248 e. The Hall–Kier alpha value is -2.94. The normalized spacial score (nSPS) is 27.9. The third-order valence-corrected chi connectivity index (χ3v) is 8.22. The number of nitrogens with zero attached hydrogens (tertiary/aromatic N) is 4. The van der Waals surface area contributed by atoms with Crippen LogP contribution in [0.5, 0.6) is 5.75 Å². The van der Waals surface area contributed by atoms with Gasteiger partial charge in [-0.3, -0.25) is 9.59 Å². The first-order chi connectivity index (χ1) is 17.4. The standard InChI is InChI=1S/C28H39N5O4/c1-27(2,3)24(33-16-20(30-31-33)17-11-12-17)26(36)32-15-18(34)13-21(32)25(35)29-22-14-23(28(22,4)5)37-19-9-7-6-8-10-19/h6-10,16-18,21-24,34H,11-15H2,1-5H3,(H,29,35)/t18-,21+,22-,23+,24-/m1/s1. The second-order valence-electron chi connectivity index (χ2n) is 12.6. The van der Waals surface area contributed by atoms with Gasteiger partial charge in [0.15, 0.2) is 0 Å². The number of β-amino-alcohol motifs (C(OH)–C–C–N with tert-alkyl or cyclic N) is 1. The Morgan fingerprint density at radius 3 is 2.49 bits per heavy atom. The van der Waals surface area contributed by atoms with Crippen molar-refractivity contribution in [3.63, 3.8) is 0 Å². The molecule has 5 atom stereocenters. The highest BCUT2D eigenvalue weighted by atomic mass is 16.5. The van der Waals surface area contributed by atoms with Crippen LogP contribution in [0.25, 0.3) is 0 Å². The molecule has 3 aliphatic rings. The van der Waals surface area contributed by atoms with Crippen LogP contribution in [-0.4, -0.2) is 67.7 Å². The zero-order valence-electron chi connectivity index (χ0n) is 22.4. The smallest absolute Gasteiger partial charge is 0.248 e. The van der Waals surface area contributed by atoms with Crippen molar-refractivity contribution in [3.8, 4) is 5.75 Å². The van der Waals surface area contributed by atoms with Gasteiger partial charge in [0.05, 0.1) is 11.8 Å². The van der Waals surface area contributed by atoms with Crippen LogP contribution >= 0.6 is 0 Å². The molecule has 1 aromatic heterocycles. The predicted octanol–water partition coefficient (Wildman–Crippen LogP) is 3.07. The molecule has 200 valence electrons. The van der Waals surface area contributed by atoms with E-state index in [4.69, 9.17) is 4.74 Å². The number of amides is 2. The van der Waals surface area contributed by atoms with Crippen molar-refractivity contribution in [2.75, 3.05) is 6.54 Å². The van der Waals surface area contributed by atoms with Gasteiger partial charge in [0.2, 0.25) is 11.8 Å². The summed E-state index contributed by atoms with van der Waals surface area (Å²) in [6.45, 7) is 10.2. The number of ether oxygens (including phenoxy) is 1. The zero-order valence-corrected chi connectivity index (χ0v) is 22.4. The number of likely N-dealkylation sites (tertiary alicyclic amines) is 1. The lowest BCUT2D eigenvalue weighted by Gasteiger charge is -2.51. The Labute approximate surface area is 218 Å². The quantitative estimate of drug-likeness (QED) is 0.594. The number of aliphatic hydroxyl groups is 1. The van der Waals surface area contributed by atoms with E-state index < -0.39 is 23.6 Å². The number of aliphatic hydroxyl groups excluding tert-OH is 1. The molecular weight excluding hydrogens is 470 g/mol. The molecular formula is C28H39N5O4. The first-order valence-electron chi connectivity index (χ1n) is 13.4. The van der Waals surface area contributed by atoms with Crippen LogP contribution in [0.1, 0.15) is 78.0 Å². The van der Waals surface area contributed by atoms with Gasteiger partial charge in [-0.25, -0.2) is 4.68 Å². The van der Waals surface area contributed by atoms with Crippen LogP contribution in [0.15, 0.2) is 36.5 Å². The van der Waals surface area contributed by atoms with Gasteiger partial charge in [-0.1, -0.05) is 58.0 Å². The molecule has 1 saturated heterocycles. The molecule has 37 heavy (non-hydrogen) atoms. The summed E-state index contributed by atoms with van der Waals surface area (Å²) in [6, 6.07) is 8.24. The van der Waals surface area contributed by atoms with Crippen LogP contribution in [0.4, 0.5) is 0 Å². The third-order valence-electron chi connectivity index (χ3n) is 8.22. The molecule has 2 amide bonds. The number of carbonyl (C=O) groups is 2. The Kier molecular flexibility index (Phi) is 6.54. The second-order valence-corrected chi connectivity index (χ2v) is 12.6. The highest BCUT2D eigenvalue weighted by Crippen LogP contribution is 2.44. The van der Waals surface area contributed by atoms with Crippen molar-refractivity contribution in [1.29, 1.82) is 0 Å². The van der Waals surface area contributed by atoms with Crippen molar-refractivity contribution in [2.45, 2.75) is 96.6 Å². The summed E-state index contributed by atoms with van der Waals surface area (Å²) >= 11 is 0. The number of carbonyl (C=O) groups excluding carboxylic acids is 2. The SMILES string of the molecule is CC(C)(C)[C@@H](C(=O)N1C[C@H](O)C[C@H]1C(=O)N[C@@H]1C[C@H](Oc2ccccc2)C1(C)C)n1cc(C2CC2)nn1. The molecule has 0 unspecified atom stereocenters. The monoisotopic (exact) mass is 509 g/mol. The number of aromatic nitrogens is 3. The Morgan fingerprint density at radius 2 is 1.86 bits per heavy atom. The number of nitrogens with one attached hydrogen (secondary N) is 1. The van der Waals surface area contributed by atoms with Gasteiger partial charge in [-0.15, -0.1) is 5.10 Å². The lowest BCUT2D eigenvalue weighted by Crippen LogP contribution is -2.65. The van der Waals surface area contributed by atoms with Crippen molar-refractivity contribution in [3.05, 3.63) is 42.2 Å². The fourth-order valence-electron chi connectivity index (χ4n) is 5.59. The minimum absolute atomic E-state index is 0.0228. The van der Waals surface area contributed by atoms with E-state index in [-0.39, 0.29) is 42.3 Å². The minimum Gasteiger partial charge on any atom is -0.490 e. The molecule has 1 aliphatic heterocycles. The van der Waals surface area contributed by atoms with E-state index in [9.17, 15) is 14.7 Å². The average Bonchev–Trinajstić information content (AvgIpc) is 3.45. The summed E-state index contributed by atoms with van der Waals surface area (Å²) in [6.07, 6.45) is 4.20. The Bertz CT molecular complexity index is 1140. The summed E-state index contributed by atoms with van der Waals surface area (Å²) in [5.74, 6) is 0.796. The number of hydrogen-bond acceptors (Lipinski definition) is 6. The molecule has 0 spiro atoms. The fraction of sp³-hybridized carbons (Fsp3) is 0.643. The average molecular weight is 510 g/mol. The Balaban J connectivity index is 1.28. The summed E-state index contributed by atoms with van der Waals surface area (Å²) in [5.41, 5.74) is 0.182. The molecule has 1 aromatic carbocycles. The van der Waals surface area contributed by atoms with Crippen molar-refractivity contribution < 1.29 is 19.4 Å². The zero-order chi connectivity index (χ0) is 26.5. The van der Waals surface area contributed by atoms with Gasteiger partial charge < -0.3 is 20.1 Å². The first kappa shape index (κ1) is 25.7. The van der Waals surface area contributed by atoms with Gasteiger partial charge in [0.1, 0.15) is 23.9 Å². The number of benzene rings is 1.